The van der Waals surface area contributed by atoms with E-state index in [2.05, 4.69) is 0 Å². The standard InChI is InChI=1S/C14H14FNO2/c1-9-3-4-10(15)7-13(9)18-11-5-6-12(16)14(8-11)17-2/h3-8H,16H2,1-2H3. The van der Waals surface area contributed by atoms with Crippen LogP contribution in [0.2, 0.25) is 0 Å². The SMILES string of the molecule is COc1cc(Oc2cc(F)ccc2C)ccc1N. The van der Waals surface area contributed by atoms with Gasteiger partial charge >= 0.3 is 0 Å². The molecular formula is C14H14FNO2. The van der Waals surface area contributed by atoms with Crippen molar-refractivity contribution in [1.82, 2.24) is 0 Å². The Morgan fingerprint density at radius 1 is 1.06 bits per heavy atom. The van der Waals surface area contributed by atoms with Crippen LogP contribution in [-0.4, -0.2) is 7.11 Å². The first-order chi connectivity index (χ1) is 8.60. The van der Waals surface area contributed by atoms with Crippen molar-refractivity contribution in [3.05, 3.63) is 47.8 Å². The highest BCUT2D eigenvalue weighted by Crippen LogP contribution is 2.31. The van der Waals surface area contributed by atoms with Crippen LogP contribution in [0.3, 0.4) is 0 Å². The molecule has 0 aliphatic carbocycles. The summed E-state index contributed by atoms with van der Waals surface area (Å²) in [4.78, 5) is 0. The highest BCUT2D eigenvalue weighted by atomic mass is 19.1. The first kappa shape index (κ1) is 12.2. The van der Waals surface area contributed by atoms with E-state index in [1.807, 2.05) is 6.92 Å². The number of ether oxygens (including phenoxy) is 2. The Kier molecular flexibility index (Phi) is 3.37. The molecule has 0 aromatic heterocycles. The molecule has 3 nitrogen and oxygen atoms in total. The maximum atomic E-state index is 13.1. The van der Waals surface area contributed by atoms with E-state index in [0.717, 1.165) is 5.56 Å². The normalized spacial score (nSPS) is 10.2. The molecule has 2 aromatic carbocycles. The molecule has 0 saturated heterocycles. The molecule has 0 heterocycles. The summed E-state index contributed by atoms with van der Waals surface area (Å²) < 4.78 is 23.8. The Bertz CT molecular complexity index is 570. The summed E-state index contributed by atoms with van der Waals surface area (Å²) in [5, 5.41) is 0. The molecule has 0 spiro atoms. The largest absolute Gasteiger partial charge is 0.494 e. The molecule has 0 atom stereocenters. The summed E-state index contributed by atoms with van der Waals surface area (Å²) in [6.45, 7) is 1.85. The predicted octanol–water partition coefficient (Wildman–Crippen LogP) is 3.52. The van der Waals surface area contributed by atoms with Gasteiger partial charge in [0, 0.05) is 12.1 Å². The molecule has 0 aliphatic rings. The van der Waals surface area contributed by atoms with E-state index in [0.29, 0.717) is 22.9 Å². The van der Waals surface area contributed by atoms with Crippen molar-refractivity contribution in [3.8, 4) is 17.2 Å². The fourth-order valence-electron chi connectivity index (χ4n) is 1.57. The van der Waals surface area contributed by atoms with Crippen molar-refractivity contribution in [3.63, 3.8) is 0 Å². The van der Waals surface area contributed by atoms with E-state index in [4.69, 9.17) is 15.2 Å². The minimum absolute atomic E-state index is 0.335. The van der Waals surface area contributed by atoms with Gasteiger partial charge in [-0.2, -0.15) is 0 Å². The Morgan fingerprint density at radius 3 is 2.56 bits per heavy atom. The van der Waals surface area contributed by atoms with Crippen LogP contribution in [0.25, 0.3) is 0 Å². The number of anilines is 1. The zero-order valence-corrected chi connectivity index (χ0v) is 10.2. The Labute approximate surface area is 105 Å². The lowest BCUT2D eigenvalue weighted by Gasteiger charge is -2.11. The lowest BCUT2D eigenvalue weighted by atomic mass is 10.2. The zero-order chi connectivity index (χ0) is 13.1. The summed E-state index contributed by atoms with van der Waals surface area (Å²) in [7, 11) is 1.53. The molecule has 94 valence electrons. The third kappa shape index (κ3) is 2.53. The zero-order valence-electron chi connectivity index (χ0n) is 10.2. The number of aryl methyl sites for hydroxylation is 1. The van der Waals surface area contributed by atoms with E-state index in [1.165, 1.54) is 19.2 Å². The highest BCUT2D eigenvalue weighted by Gasteiger charge is 2.06. The van der Waals surface area contributed by atoms with Gasteiger partial charge in [0.05, 0.1) is 12.8 Å². The monoisotopic (exact) mass is 247 g/mol. The molecule has 0 aliphatic heterocycles. The summed E-state index contributed by atoms with van der Waals surface area (Å²) >= 11 is 0. The Hall–Kier alpha value is -2.23. The number of halogens is 1. The Balaban J connectivity index is 2.31. The lowest BCUT2D eigenvalue weighted by Crippen LogP contribution is -1.94. The average molecular weight is 247 g/mol. The topological polar surface area (TPSA) is 44.5 Å². The van der Waals surface area contributed by atoms with Crippen molar-refractivity contribution >= 4 is 5.69 Å². The van der Waals surface area contributed by atoms with E-state index in [9.17, 15) is 4.39 Å². The van der Waals surface area contributed by atoms with E-state index in [-0.39, 0.29) is 5.82 Å². The molecule has 0 bridgehead atoms. The second kappa shape index (κ2) is 4.96. The molecule has 2 rings (SSSR count). The van der Waals surface area contributed by atoms with Crippen molar-refractivity contribution in [1.29, 1.82) is 0 Å². The maximum absolute atomic E-state index is 13.1. The first-order valence-corrected chi connectivity index (χ1v) is 5.47. The van der Waals surface area contributed by atoms with Gasteiger partial charge < -0.3 is 15.2 Å². The van der Waals surface area contributed by atoms with Crippen LogP contribution in [0.1, 0.15) is 5.56 Å². The third-order valence-electron chi connectivity index (χ3n) is 2.58. The average Bonchev–Trinajstić information content (AvgIpc) is 2.36. The van der Waals surface area contributed by atoms with E-state index < -0.39 is 0 Å². The van der Waals surface area contributed by atoms with Crippen molar-refractivity contribution in [2.75, 3.05) is 12.8 Å². The highest BCUT2D eigenvalue weighted by molar-refractivity contribution is 5.56. The summed E-state index contributed by atoms with van der Waals surface area (Å²) in [6.07, 6.45) is 0. The molecule has 0 radical (unpaired) electrons. The summed E-state index contributed by atoms with van der Waals surface area (Å²) in [6, 6.07) is 9.47. The van der Waals surface area contributed by atoms with Gasteiger partial charge in [0.2, 0.25) is 0 Å². The summed E-state index contributed by atoms with van der Waals surface area (Å²) in [5.41, 5.74) is 7.09. The number of benzene rings is 2. The number of nitrogen functional groups attached to an aromatic ring is 1. The minimum atomic E-state index is -0.335. The molecule has 4 heteroatoms. The number of rotatable bonds is 3. The molecule has 0 fully saturated rings. The third-order valence-corrected chi connectivity index (χ3v) is 2.58. The van der Waals surface area contributed by atoms with Gasteiger partial charge in [-0.15, -0.1) is 0 Å². The first-order valence-electron chi connectivity index (χ1n) is 5.47. The quantitative estimate of drug-likeness (QED) is 0.844. The number of hydrogen-bond acceptors (Lipinski definition) is 3. The number of nitrogens with two attached hydrogens (primary N) is 1. The van der Waals surface area contributed by atoms with Crippen molar-refractivity contribution in [2.45, 2.75) is 6.92 Å². The van der Waals surface area contributed by atoms with Crippen molar-refractivity contribution in [2.24, 2.45) is 0 Å². The molecule has 0 saturated carbocycles. The second-order valence-corrected chi connectivity index (χ2v) is 3.92. The van der Waals surface area contributed by atoms with Crippen LogP contribution < -0.4 is 15.2 Å². The smallest absolute Gasteiger partial charge is 0.145 e. The molecule has 2 N–H and O–H groups in total. The van der Waals surface area contributed by atoms with Gasteiger partial charge in [0.1, 0.15) is 23.1 Å². The molecule has 2 aromatic rings. The van der Waals surface area contributed by atoms with Gasteiger partial charge in [-0.25, -0.2) is 4.39 Å². The Morgan fingerprint density at radius 2 is 1.83 bits per heavy atom. The van der Waals surface area contributed by atoms with Gasteiger partial charge in [0.25, 0.3) is 0 Å². The van der Waals surface area contributed by atoms with E-state index in [1.54, 1.807) is 24.3 Å². The van der Waals surface area contributed by atoms with Gasteiger partial charge in [-0.1, -0.05) is 6.07 Å². The van der Waals surface area contributed by atoms with Gasteiger partial charge in [-0.05, 0) is 30.7 Å². The van der Waals surface area contributed by atoms with Crippen LogP contribution >= 0.6 is 0 Å². The van der Waals surface area contributed by atoms with Gasteiger partial charge in [0.15, 0.2) is 0 Å². The lowest BCUT2D eigenvalue weighted by molar-refractivity contribution is 0.410. The number of hydrogen-bond donors (Lipinski definition) is 1. The molecular weight excluding hydrogens is 233 g/mol. The minimum Gasteiger partial charge on any atom is -0.494 e. The van der Waals surface area contributed by atoms with Crippen LogP contribution in [-0.2, 0) is 0 Å². The van der Waals surface area contributed by atoms with Crippen LogP contribution in [0.4, 0.5) is 10.1 Å². The molecule has 0 amide bonds. The van der Waals surface area contributed by atoms with Crippen LogP contribution in [0.5, 0.6) is 17.2 Å². The van der Waals surface area contributed by atoms with Crippen LogP contribution in [0.15, 0.2) is 36.4 Å². The molecule has 18 heavy (non-hydrogen) atoms. The molecule has 0 unspecified atom stereocenters. The number of methoxy groups -OCH3 is 1. The second-order valence-electron chi connectivity index (χ2n) is 3.92. The van der Waals surface area contributed by atoms with E-state index >= 15 is 0 Å². The predicted molar refractivity (Wildman–Crippen MR) is 68.6 cm³/mol. The van der Waals surface area contributed by atoms with Crippen LogP contribution in [0, 0.1) is 12.7 Å². The summed E-state index contributed by atoms with van der Waals surface area (Å²) in [5.74, 6) is 1.22. The van der Waals surface area contributed by atoms with Gasteiger partial charge in [-0.3, -0.25) is 0 Å². The fourth-order valence-corrected chi connectivity index (χ4v) is 1.57. The fraction of sp³-hybridized carbons (Fsp3) is 0.143. The van der Waals surface area contributed by atoms with Crippen molar-refractivity contribution < 1.29 is 13.9 Å². The maximum Gasteiger partial charge on any atom is 0.145 e.